The van der Waals surface area contributed by atoms with Crippen molar-refractivity contribution in [1.82, 2.24) is 4.98 Å². The van der Waals surface area contributed by atoms with Crippen LogP contribution in [0, 0.1) is 0 Å². The maximum Gasteiger partial charge on any atom is 0.339 e. The highest BCUT2D eigenvalue weighted by Crippen LogP contribution is 2.18. The number of ketones is 1. The van der Waals surface area contributed by atoms with E-state index in [1.807, 2.05) is 6.07 Å². The fourth-order valence-corrected chi connectivity index (χ4v) is 2.44. The summed E-state index contributed by atoms with van der Waals surface area (Å²) in [6.07, 6.45) is 1.63. The molecule has 2 aromatic carbocycles. The van der Waals surface area contributed by atoms with E-state index in [0.717, 1.165) is 0 Å². The lowest BCUT2D eigenvalue weighted by Crippen LogP contribution is -2.13. The maximum atomic E-state index is 12.7. The number of aromatic nitrogens is 1. The molecule has 1 aromatic heterocycles. The third kappa shape index (κ3) is 4.11. The molecule has 1 heterocycles. The van der Waals surface area contributed by atoms with Crippen LogP contribution in [0.15, 0.2) is 72.9 Å². The summed E-state index contributed by atoms with van der Waals surface area (Å²) in [6, 6.07) is 18.5. The van der Waals surface area contributed by atoms with E-state index in [2.05, 4.69) is 4.98 Å². The highest BCUT2D eigenvalue weighted by atomic mass is 35.5. The number of hydrogen-bond donors (Lipinski definition) is 0. The van der Waals surface area contributed by atoms with Gasteiger partial charge in [-0.3, -0.25) is 9.78 Å². The van der Waals surface area contributed by atoms with Crippen molar-refractivity contribution in [2.45, 2.75) is 6.61 Å². The molecule has 3 rings (SSSR count). The van der Waals surface area contributed by atoms with E-state index in [1.54, 1.807) is 66.9 Å². The summed E-state index contributed by atoms with van der Waals surface area (Å²) < 4.78 is 5.29. The second-order valence-electron chi connectivity index (χ2n) is 5.28. The van der Waals surface area contributed by atoms with Crippen LogP contribution in [0.1, 0.15) is 32.0 Å². The molecule has 0 amide bonds. The van der Waals surface area contributed by atoms with Crippen molar-refractivity contribution in [3.63, 3.8) is 0 Å². The van der Waals surface area contributed by atoms with E-state index in [4.69, 9.17) is 16.3 Å². The number of nitrogens with zero attached hydrogens (tertiary/aromatic N) is 1. The fourth-order valence-electron chi connectivity index (χ4n) is 2.32. The SMILES string of the molecule is O=C(OCc1ccccn1)c1ccccc1C(=O)c1ccc(Cl)cc1. The van der Waals surface area contributed by atoms with Gasteiger partial charge in [-0.15, -0.1) is 0 Å². The van der Waals surface area contributed by atoms with Gasteiger partial charge in [0.2, 0.25) is 0 Å². The molecule has 0 atom stereocenters. The van der Waals surface area contributed by atoms with Crippen molar-refractivity contribution in [2.75, 3.05) is 0 Å². The van der Waals surface area contributed by atoms with Crippen LogP contribution in [0.25, 0.3) is 0 Å². The maximum absolute atomic E-state index is 12.7. The minimum atomic E-state index is -0.566. The average molecular weight is 352 g/mol. The fraction of sp³-hybridized carbons (Fsp3) is 0.0500. The predicted octanol–water partition coefficient (Wildman–Crippen LogP) is 4.32. The van der Waals surface area contributed by atoms with E-state index in [1.165, 1.54) is 0 Å². The molecule has 0 saturated heterocycles. The first-order valence-corrected chi connectivity index (χ1v) is 7.99. The number of benzene rings is 2. The molecule has 0 fully saturated rings. The summed E-state index contributed by atoms with van der Waals surface area (Å²) in [7, 11) is 0. The van der Waals surface area contributed by atoms with E-state index in [9.17, 15) is 9.59 Å². The Morgan fingerprint density at radius 1 is 0.880 bits per heavy atom. The molecule has 3 aromatic rings. The molecule has 0 spiro atoms. The first-order chi connectivity index (χ1) is 12.1. The number of esters is 1. The number of carbonyl (C=O) groups excluding carboxylic acids is 2. The lowest BCUT2D eigenvalue weighted by Gasteiger charge is -2.09. The standard InChI is InChI=1S/C20H14ClNO3/c21-15-10-8-14(9-11-15)19(23)17-6-1-2-7-18(17)20(24)25-13-16-5-3-4-12-22-16/h1-12H,13H2. The van der Waals surface area contributed by atoms with Gasteiger partial charge in [-0.25, -0.2) is 4.79 Å². The molecule has 0 N–H and O–H groups in total. The van der Waals surface area contributed by atoms with Gasteiger partial charge < -0.3 is 4.74 Å². The number of rotatable bonds is 5. The first-order valence-electron chi connectivity index (χ1n) is 7.61. The molecule has 5 heteroatoms. The molecule has 0 bridgehead atoms. The zero-order chi connectivity index (χ0) is 17.6. The smallest absolute Gasteiger partial charge is 0.339 e. The van der Waals surface area contributed by atoms with E-state index >= 15 is 0 Å². The summed E-state index contributed by atoms with van der Waals surface area (Å²) in [5.74, 6) is -0.828. The van der Waals surface area contributed by atoms with Crippen molar-refractivity contribution in [1.29, 1.82) is 0 Å². The van der Waals surface area contributed by atoms with Crippen molar-refractivity contribution >= 4 is 23.4 Å². The Bertz CT molecular complexity index is 892. The Hall–Kier alpha value is -2.98. The van der Waals surface area contributed by atoms with E-state index in [0.29, 0.717) is 16.3 Å². The molecule has 0 unspecified atom stereocenters. The largest absolute Gasteiger partial charge is 0.456 e. The molecule has 0 aliphatic carbocycles. The number of ether oxygens (including phenoxy) is 1. The number of hydrogen-bond acceptors (Lipinski definition) is 4. The molecular formula is C20H14ClNO3. The highest BCUT2D eigenvalue weighted by Gasteiger charge is 2.19. The summed E-state index contributed by atoms with van der Waals surface area (Å²) in [4.78, 5) is 29.2. The zero-order valence-corrected chi connectivity index (χ0v) is 13.9. The van der Waals surface area contributed by atoms with Crippen LogP contribution >= 0.6 is 11.6 Å². The topological polar surface area (TPSA) is 56.3 Å². The summed E-state index contributed by atoms with van der Waals surface area (Å²) in [5, 5.41) is 0.541. The molecule has 4 nitrogen and oxygen atoms in total. The molecule has 124 valence electrons. The Balaban J connectivity index is 1.81. The van der Waals surface area contributed by atoms with Crippen LogP contribution in [0.3, 0.4) is 0 Å². The molecule has 0 saturated carbocycles. The number of pyridine rings is 1. The quantitative estimate of drug-likeness (QED) is 0.507. The zero-order valence-electron chi connectivity index (χ0n) is 13.2. The third-order valence-corrected chi connectivity index (χ3v) is 3.83. The summed E-state index contributed by atoms with van der Waals surface area (Å²) in [6.45, 7) is 0.0448. The average Bonchev–Trinajstić information content (AvgIpc) is 2.67. The highest BCUT2D eigenvalue weighted by molar-refractivity contribution is 6.30. The second-order valence-corrected chi connectivity index (χ2v) is 5.72. The Morgan fingerprint density at radius 2 is 1.56 bits per heavy atom. The molecular weight excluding hydrogens is 338 g/mol. The Kier molecular flexibility index (Phi) is 5.21. The van der Waals surface area contributed by atoms with Crippen molar-refractivity contribution in [3.05, 3.63) is 100 Å². The van der Waals surface area contributed by atoms with Crippen LogP contribution < -0.4 is 0 Å². The summed E-state index contributed by atoms with van der Waals surface area (Å²) in [5.41, 5.74) is 1.60. The van der Waals surface area contributed by atoms with E-state index < -0.39 is 5.97 Å². The molecule has 0 aliphatic rings. The lowest BCUT2D eigenvalue weighted by molar-refractivity contribution is 0.0465. The monoisotopic (exact) mass is 351 g/mol. The van der Waals surface area contributed by atoms with Crippen LogP contribution in [-0.4, -0.2) is 16.7 Å². The number of carbonyl (C=O) groups is 2. The van der Waals surface area contributed by atoms with E-state index in [-0.39, 0.29) is 23.5 Å². The van der Waals surface area contributed by atoms with Crippen LogP contribution in [0.2, 0.25) is 5.02 Å². The molecule has 0 aliphatic heterocycles. The normalized spacial score (nSPS) is 10.3. The van der Waals surface area contributed by atoms with Gasteiger partial charge in [-0.2, -0.15) is 0 Å². The van der Waals surface area contributed by atoms with Crippen LogP contribution in [0.4, 0.5) is 0 Å². The van der Waals surface area contributed by atoms with Gasteiger partial charge in [0, 0.05) is 22.3 Å². The molecule has 0 radical (unpaired) electrons. The second kappa shape index (κ2) is 7.73. The van der Waals surface area contributed by atoms with Gasteiger partial charge in [0.1, 0.15) is 6.61 Å². The Labute approximate surface area is 150 Å². The van der Waals surface area contributed by atoms with Gasteiger partial charge in [-0.05, 0) is 42.5 Å². The van der Waals surface area contributed by atoms with Gasteiger partial charge in [0.25, 0.3) is 0 Å². The first kappa shape index (κ1) is 16.9. The van der Waals surface area contributed by atoms with Crippen LogP contribution in [0.5, 0.6) is 0 Å². The van der Waals surface area contributed by atoms with Crippen molar-refractivity contribution in [2.24, 2.45) is 0 Å². The van der Waals surface area contributed by atoms with Crippen molar-refractivity contribution < 1.29 is 14.3 Å². The third-order valence-electron chi connectivity index (χ3n) is 3.58. The van der Waals surface area contributed by atoms with Crippen molar-refractivity contribution in [3.8, 4) is 0 Å². The number of halogens is 1. The van der Waals surface area contributed by atoms with Gasteiger partial charge in [0.05, 0.1) is 11.3 Å². The summed E-state index contributed by atoms with van der Waals surface area (Å²) >= 11 is 5.85. The van der Waals surface area contributed by atoms with Crippen LogP contribution in [-0.2, 0) is 11.3 Å². The Morgan fingerprint density at radius 3 is 2.24 bits per heavy atom. The molecule has 25 heavy (non-hydrogen) atoms. The van der Waals surface area contributed by atoms with Gasteiger partial charge >= 0.3 is 5.97 Å². The predicted molar refractivity (Wildman–Crippen MR) is 94.7 cm³/mol. The minimum absolute atomic E-state index is 0.0448. The lowest BCUT2D eigenvalue weighted by atomic mass is 9.98. The van der Waals surface area contributed by atoms with Gasteiger partial charge in [-0.1, -0.05) is 35.9 Å². The minimum Gasteiger partial charge on any atom is -0.456 e. The van der Waals surface area contributed by atoms with Gasteiger partial charge in [0.15, 0.2) is 5.78 Å².